The number of ether oxygens (including phenoxy) is 1. The zero-order valence-corrected chi connectivity index (χ0v) is 12.3. The molecule has 0 saturated heterocycles. The van der Waals surface area contributed by atoms with Gasteiger partial charge < -0.3 is 4.74 Å². The minimum absolute atomic E-state index is 0.0226. The highest BCUT2D eigenvalue weighted by Crippen LogP contribution is 2.40. The fraction of sp³-hybridized carbons (Fsp3) is 0. The molecule has 0 aliphatic carbocycles. The van der Waals surface area contributed by atoms with E-state index in [1.54, 1.807) is 0 Å². The predicted molar refractivity (Wildman–Crippen MR) is 84.1 cm³/mol. The molecular formula is C16H6N4O5. The number of hydrogen-bond acceptors (Lipinski definition) is 9. The fourth-order valence-electron chi connectivity index (χ4n) is 1.82. The summed E-state index contributed by atoms with van der Waals surface area (Å²) in [6.07, 6.45) is 5.46. The Balaban J connectivity index is 2.60. The van der Waals surface area contributed by atoms with Gasteiger partial charge in [0.1, 0.15) is 11.4 Å². The van der Waals surface area contributed by atoms with Crippen LogP contribution < -0.4 is 4.74 Å². The van der Waals surface area contributed by atoms with Gasteiger partial charge in [0.2, 0.25) is 24.3 Å². The van der Waals surface area contributed by atoms with Gasteiger partial charge in [-0.15, -0.1) is 0 Å². The number of rotatable bonds is 6. The van der Waals surface area contributed by atoms with Crippen molar-refractivity contribution in [3.8, 4) is 11.5 Å². The Morgan fingerprint density at radius 1 is 0.600 bits per heavy atom. The van der Waals surface area contributed by atoms with Gasteiger partial charge in [0.15, 0.2) is 11.5 Å². The molecule has 2 aromatic carbocycles. The molecule has 25 heavy (non-hydrogen) atoms. The molecule has 0 heterocycles. The van der Waals surface area contributed by atoms with Gasteiger partial charge in [-0.1, -0.05) is 0 Å². The molecule has 0 aliphatic rings. The minimum atomic E-state index is 0.0226. The van der Waals surface area contributed by atoms with E-state index in [1.165, 1.54) is 60.7 Å². The second-order valence-corrected chi connectivity index (χ2v) is 4.22. The highest BCUT2D eigenvalue weighted by molar-refractivity contribution is 5.68. The van der Waals surface area contributed by atoms with E-state index in [1.807, 2.05) is 0 Å². The first-order valence-corrected chi connectivity index (χ1v) is 6.49. The van der Waals surface area contributed by atoms with Crippen molar-refractivity contribution in [2.75, 3.05) is 0 Å². The molecule has 0 saturated carbocycles. The molecule has 0 spiro atoms. The van der Waals surface area contributed by atoms with Gasteiger partial charge in [-0.25, -0.2) is 19.2 Å². The van der Waals surface area contributed by atoms with Gasteiger partial charge in [-0.2, -0.15) is 20.0 Å². The fourth-order valence-corrected chi connectivity index (χ4v) is 1.82. The average molecular weight is 334 g/mol. The van der Waals surface area contributed by atoms with Crippen LogP contribution in [0, 0.1) is 0 Å². The maximum absolute atomic E-state index is 10.5. The van der Waals surface area contributed by atoms with Crippen molar-refractivity contribution < 1.29 is 23.9 Å². The van der Waals surface area contributed by atoms with Crippen LogP contribution in [0.1, 0.15) is 0 Å². The lowest BCUT2D eigenvalue weighted by Crippen LogP contribution is -1.86. The first-order valence-electron chi connectivity index (χ1n) is 6.49. The molecule has 0 fully saturated rings. The van der Waals surface area contributed by atoms with Gasteiger partial charge in [0.05, 0.1) is 11.4 Å². The molecule has 2 aromatic rings. The molecule has 9 nitrogen and oxygen atoms in total. The Morgan fingerprint density at radius 3 is 1.36 bits per heavy atom. The van der Waals surface area contributed by atoms with E-state index in [0.717, 1.165) is 0 Å². The van der Waals surface area contributed by atoms with Gasteiger partial charge in [-0.3, -0.25) is 0 Å². The van der Waals surface area contributed by atoms with Crippen LogP contribution in [0.15, 0.2) is 56.4 Å². The van der Waals surface area contributed by atoms with E-state index >= 15 is 0 Å². The normalized spacial score (nSPS) is 8.80. The quantitative estimate of drug-likeness (QED) is 0.591. The summed E-state index contributed by atoms with van der Waals surface area (Å²) < 4.78 is 5.59. The van der Waals surface area contributed by atoms with Crippen molar-refractivity contribution >= 4 is 47.1 Å². The first-order chi connectivity index (χ1) is 12.2. The number of nitrogens with zero attached hydrogens (tertiary/aromatic N) is 4. The number of carbonyl (C=O) groups excluding carboxylic acids is 4. The highest BCUT2D eigenvalue weighted by atomic mass is 16.5. The third kappa shape index (κ3) is 4.37. The van der Waals surface area contributed by atoms with Crippen molar-refractivity contribution in [1.29, 1.82) is 0 Å². The second kappa shape index (κ2) is 8.41. The summed E-state index contributed by atoms with van der Waals surface area (Å²) in [6.45, 7) is 0. The molecule has 0 aromatic heterocycles. The summed E-state index contributed by atoms with van der Waals surface area (Å²) in [5, 5.41) is 0. The molecule has 9 heteroatoms. The monoisotopic (exact) mass is 334 g/mol. The van der Waals surface area contributed by atoms with E-state index in [9.17, 15) is 19.2 Å². The lowest BCUT2D eigenvalue weighted by atomic mass is 10.2. The molecule has 0 N–H and O–H groups in total. The van der Waals surface area contributed by atoms with Gasteiger partial charge >= 0.3 is 0 Å². The Labute approximate surface area is 139 Å². The largest absolute Gasteiger partial charge is 0.453 e. The summed E-state index contributed by atoms with van der Waals surface area (Å²) in [6, 6.07) is 8.17. The Bertz CT molecular complexity index is 926. The van der Waals surface area contributed by atoms with E-state index in [0.29, 0.717) is 0 Å². The molecular weight excluding hydrogens is 328 g/mol. The van der Waals surface area contributed by atoms with E-state index in [-0.39, 0.29) is 34.2 Å². The number of isocyanates is 4. The zero-order chi connectivity index (χ0) is 18.1. The summed E-state index contributed by atoms with van der Waals surface area (Å²) in [7, 11) is 0. The summed E-state index contributed by atoms with van der Waals surface area (Å²) in [4.78, 5) is 55.7. The van der Waals surface area contributed by atoms with E-state index in [2.05, 4.69) is 20.0 Å². The molecule has 0 radical (unpaired) electrons. The van der Waals surface area contributed by atoms with Crippen molar-refractivity contribution in [2.45, 2.75) is 0 Å². The highest BCUT2D eigenvalue weighted by Gasteiger charge is 2.11. The van der Waals surface area contributed by atoms with Crippen molar-refractivity contribution in [3.05, 3.63) is 36.4 Å². The Kier molecular flexibility index (Phi) is 5.76. The maximum Gasteiger partial charge on any atom is 0.240 e. The molecule has 0 aliphatic heterocycles. The molecule has 0 amide bonds. The van der Waals surface area contributed by atoms with Gasteiger partial charge in [0, 0.05) is 12.1 Å². The molecule has 0 bridgehead atoms. The topological polar surface area (TPSA) is 127 Å². The average Bonchev–Trinajstić information content (AvgIpc) is 2.60. The molecule has 2 rings (SSSR count). The first kappa shape index (κ1) is 17.1. The van der Waals surface area contributed by atoms with Crippen LogP contribution in [0.4, 0.5) is 22.7 Å². The Morgan fingerprint density at radius 2 is 1.00 bits per heavy atom. The van der Waals surface area contributed by atoms with Crippen molar-refractivity contribution in [1.82, 2.24) is 0 Å². The van der Waals surface area contributed by atoms with E-state index in [4.69, 9.17) is 4.74 Å². The van der Waals surface area contributed by atoms with E-state index < -0.39 is 0 Å². The van der Waals surface area contributed by atoms with Crippen LogP contribution in [0.3, 0.4) is 0 Å². The molecule has 0 atom stereocenters. The van der Waals surface area contributed by atoms with Crippen LogP contribution >= 0.6 is 0 Å². The summed E-state index contributed by atoms with van der Waals surface area (Å²) in [5.74, 6) is 0.0452. The van der Waals surface area contributed by atoms with Crippen LogP contribution in [-0.4, -0.2) is 24.3 Å². The lowest BCUT2D eigenvalue weighted by molar-refractivity contribution is 0.485. The van der Waals surface area contributed by atoms with Crippen molar-refractivity contribution in [2.24, 2.45) is 20.0 Å². The Hall–Kier alpha value is -4.24. The second-order valence-electron chi connectivity index (χ2n) is 4.22. The number of benzene rings is 2. The molecule has 120 valence electrons. The summed E-state index contributed by atoms with van der Waals surface area (Å²) in [5.41, 5.74) is 0.560. The zero-order valence-electron chi connectivity index (χ0n) is 12.3. The van der Waals surface area contributed by atoms with Crippen LogP contribution in [-0.2, 0) is 19.2 Å². The van der Waals surface area contributed by atoms with Crippen LogP contribution in [0.25, 0.3) is 0 Å². The predicted octanol–water partition coefficient (Wildman–Crippen LogP) is 3.35. The van der Waals surface area contributed by atoms with Gasteiger partial charge in [0.25, 0.3) is 0 Å². The smallest absolute Gasteiger partial charge is 0.240 e. The minimum Gasteiger partial charge on any atom is -0.453 e. The van der Waals surface area contributed by atoms with Crippen LogP contribution in [0.5, 0.6) is 11.5 Å². The third-order valence-electron chi connectivity index (χ3n) is 2.79. The lowest BCUT2D eigenvalue weighted by Gasteiger charge is -2.10. The molecule has 0 unspecified atom stereocenters. The maximum atomic E-state index is 10.5. The number of aliphatic imine (C=N–C) groups is 4. The standard InChI is InChI=1S/C16H6N4O5/c21-7-17-11-1-3-13(19-9-23)15(5-11)25-16-6-12(18-8-22)2-4-14(16)20-10-24/h1-6H. The number of hydrogen-bond donors (Lipinski definition) is 0. The summed E-state index contributed by atoms with van der Waals surface area (Å²) >= 11 is 0. The van der Waals surface area contributed by atoms with Crippen LogP contribution in [0.2, 0.25) is 0 Å². The van der Waals surface area contributed by atoms with Gasteiger partial charge in [-0.05, 0) is 24.3 Å². The SMILES string of the molecule is O=C=Nc1ccc(N=C=O)c(Oc2cc(N=C=O)ccc2N=C=O)c1. The third-order valence-corrected chi connectivity index (χ3v) is 2.79. The van der Waals surface area contributed by atoms with Crippen molar-refractivity contribution in [3.63, 3.8) is 0 Å².